The molecule has 0 saturated heterocycles. The summed E-state index contributed by atoms with van der Waals surface area (Å²) in [6.45, 7) is 4.23. The van der Waals surface area contributed by atoms with Crippen LogP contribution in [0.5, 0.6) is 11.5 Å². The van der Waals surface area contributed by atoms with Gasteiger partial charge in [0.1, 0.15) is 17.3 Å². The van der Waals surface area contributed by atoms with Gasteiger partial charge in [-0.3, -0.25) is 4.79 Å². The van der Waals surface area contributed by atoms with E-state index < -0.39 is 5.82 Å². The second kappa shape index (κ2) is 6.33. The molecule has 0 amide bonds. The molecule has 2 aromatic rings. The maximum atomic E-state index is 13.1. The molecule has 0 spiro atoms. The van der Waals surface area contributed by atoms with Gasteiger partial charge in [0, 0.05) is 0 Å². The Balaban J connectivity index is 2.37. The monoisotopic (exact) mass is 272 g/mol. The summed E-state index contributed by atoms with van der Waals surface area (Å²) < 4.78 is 18.9. The summed E-state index contributed by atoms with van der Waals surface area (Å²) >= 11 is 0. The summed E-state index contributed by atoms with van der Waals surface area (Å²) in [7, 11) is 0. The van der Waals surface area contributed by atoms with Gasteiger partial charge in [0.05, 0.1) is 5.56 Å². The zero-order chi connectivity index (χ0) is 14.5. The number of hydrogen-bond donors (Lipinski definition) is 0. The van der Waals surface area contributed by atoms with Gasteiger partial charge in [0.15, 0.2) is 6.29 Å². The number of carbonyl (C=O) groups excluding carboxylic acids is 1. The second-order valence-electron chi connectivity index (χ2n) is 4.75. The van der Waals surface area contributed by atoms with E-state index in [1.807, 2.05) is 24.3 Å². The van der Waals surface area contributed by atoms with Gasteiger partial charge >= 0.3 is 0 Å². The Morgan fingerprint density at radius 3 is 2.65 bits per heavy atom. The van der Waals surface area contributed by atoms with E-state index in [2.05, 4.69) is 13.8 Å². The summed E-state index contributed by atoms with van der Waals surface area (Å²) in [6, 6.07) is 11.6. The van der Waals surface area contributed by atoms with E-state index in [0.717, 1.165) is 12.0 Å². The summed E-state index contributed by atoms with van der Waals surface area (Å²) in [6.07, 6.45) is 1.59. The minimum atomic E-state index is -0.449. The van der Waals surface area contributed by atoms with Crippen molar-refractivity contribution in [2.24, 2.45) is 0 Å². The Hall–Kier alpha value is -2.16. The molecule has 0 aliphatic rings. The van der Waals surface area contributed by atoms with Crippen LogP contribution in [0.4, 0.5) is 4.39 Å². The van der Waals surface area contributed by atoms with Crippen molar-refractivity contribution in [2.45, 2.75) is 26.2 Å². The first kappa shape index (κ1) is 14.3. The highest BCUT2D eigenvalue weighted by Crippen LogP contribution is 2.33. The molecular weight excluding hydrogens is 255 g/mol. The van der Waals surface area contributed by atoms with E-state index in [1.165, 1.54) is 18.2 Å². The first-order valence-corrected chi connectivity index (χ1v) is 6.67. The van der Waals surface area contributed by atoms with Crippen LogP contribution in [0, 0.1) is 5.82 Å². The molecule has 2 aromatic carbocycles. The van der Waals surface area contributed by atoms with E-state index in [0.29, 0.717) is 23.7 Å². The molecule has 3 heteroatoms. The van der Waals surface area contributed by atoms with Crippen LogP contribution < -0.4 is 4.74 Å². The quantitative estimate of drug-likeness (QED) is 0.720. The lowest BCUT2D eigenvalue weighted by atomic mass is 9.98. The van der Waals surface area contributed by atoms with Crippen molar-refractivity contribution in [2.75, 3.05) is 0 Å². The number of benzene rings is 2. The topological polar surface area (TPSA) is 26.3 Å². The highest BCUT2D eigenvalue weighted by atomic mass is 19.1. The van der Waals surface area contributed by atoms with Gasteiger partial charge in [0.2, 0.25) is 0 Å². The van der Waals surface area contributed by atoms with E-state index >= 15 is 0 Å². The molecule has 1 unspecified atom stereocenters. The minimum Gasteiger partial charge on any atom is -0.456 e. The summed E-state index contributed by atoms with van der Waals surface area (Å²) in [5.74, 6) is 0.981. The van der Waals surface area contributed by atoms with Crippen molar-refractivity contribution >= 4 is 6.29 Å². The molecule has 0 bridgehead atoms. The number of para-hydroxylation sites is 1. The molecule has 104 valence electrons. The van der Waals surface area contributed by atoms with Crippen molar-refractivity contribution in [3.63, 3.8) is 0 Å². The molecule has 20 heavy (non-hydrogen) atoms. The number of ether oxygens (including phenoxy) is 1. The van der Waals surface area contributed by atoms with E-state index in [1.54, 1.807) is 0 Å². The van der Waals surface area contributed by atoms with Gasteiger partial charge in [-0.15, -0.1) is 0 Å². The Morgan fingerprint density at radius 1 is 1.20 bits per heavy atom. The summed E-state index contributed by atoms with van der Waals surface area (Å²) in [5, 5.41) is 0. The third-order valence-corrected chi connectivity index (χ3v) is 3.38. The molecule has 0 aliphatic carbocycles. The van der Waals surface area contributed by atoms with Gasteiger partial charge in [-0.2, -0.15) is 0 Å². The second-order valence-corrected chi connectivity index (χ2v) is 4.75. The molecule has 0 saturated carbocycles. The molecular formula is C17H17FO2. The van der Waals surface area contributed by atoms with Crippen LogP contribution in [0.25, 0.3) is 0 Å². The number of halogens is 1. The number of aldehydes is 1. The zero-order valence-corrected chi connectivity index (χ0v) is 11.6. The van der Waals surface area contributed by atoms with Gasteiger partial charge in [-0.1, -0.05) is 32.0 Å². The standard InChI is InChI=1S/C17H17FO2/c1-3-12(2)15-6-4-5-7-17(15)20-16-9-8-14(18)10-13(16)11-19/h4-12H,3H2,1-2H3. The Bertz CT molecular complexity index is 608. The van der Waals surface area contributed by atoms with Crippen molar-refractivity contribution in [3.05, 3.63) is 59.4 Å². The van der Waals surface area contributed by atoms with Crippen LogP contribution in [-0.4, -0.2) is 6.29 Å². The highest BCUT2D eigenvalue weighted by molar-refractivity contribution is 5.79. The van der Waals surface area contributed by atoms with Crippen LogP contribution >= 0.6 is 0 Å². The highest BCUT2D eigenvalue weighted by Gasteiger charge is 2.12. The SMILES string of the molecule is CCC(C)c1ccccc1Oc1ccc(F)cc1C=O. The lowest BCUT2D eigenvalue weighted by molar-refractivity contribution is 0.112. The minimum absolute atomic E-state index is 0.212. The molecule has 0 radical (unpaired) electrons. The van der Waals surface area contributed by atoms with Crippen LogP contribution in [0.2, 0.25) is 0 Å². The Labute approximate surface area is 118 Å². The largest absolute Gasteiger partial charge is 0.456 e. The average Bonchev–Trinajstić information content (AvgIpc) is 2.48. The average molecular weight is 272 g/mol. The van der Waals surface area contributed by atoms with E-state index in [4.69, 9.17) is 4.74 Å². The number of rotatable bonds is 5. The third-order valence-electron chi connectivity index (χ3n) is 3.38. The molecule has 0 fully saturated rings. The van der Waals surface area contributed by atoms with E-state index in [-0.39, 0.29) is 5.56 Å². The Kier molecular flexibility index (Phi) is 4.51. The third kappa shape index (κ3) is 3.05. The maximum absolute atomic E-state index is 13.1. The van der Waals surface area contributed by atoms with Crippen LogP contribution in [0.3, 0.4) is 0 Å². The predicted octanol–water partition coefficient (Wildman–Crippen LogP) is 4.94. The van der Waals surface area contributed by atoms with Crippen molar-refractivity contribution in [1.29, 1.82) is 0 Å². The maximum Gasteiger partial charge on any atom is 0.153 e. The van der Waals surface area contributed by atoms with Gasteiger partial charge in [-0.25, -0.2) is 4.39 Å². The molecule has 0 N–H and O–H groups in total. The Morgan fingerprint density at radius 2 is 1.95 bits per heavy atom. The van der Waals surface area contributed by atoms with Crippen LogP contribution in [0.15, 0.2) is 42.5 Å². The molecule has 0 aromatic heterocycles. The molecule has 2 nitrogen and oxygen atoms in total. The fourth-order valence-electron chi connectivity index (χ4n) is 2.02. The molecule has 1 atom stereocenters. The van der Waals surface area contributed by atoms with Gasteiger partial charge < -0.3 is 4.74 Å². The number of hydrogen-bond acceptors (Lipinski definition) is 2. The normalized spacial score (nSPS) is 11.9. The van der Waals surface area contributed by atoms with Gasteiger partial charge in [-0.05, 0) is 42.2 Å². The van der Waals surface area contributed by atoms with Gasteiger partial charge in [0.25, 0.3) is 0 Å². The van der Waals surface area contributed by atoms with Crippen molar-refractivity contribution in [1.82, 2.24) is 0 Å². The zero-order valence-electron chi connectivity index (χ0n) is 11.6. The fourth-order valence-corrected chi connectivity index (χ4v) is 2.02. The first-order chi connectivity index (χ1) is 9.65. The van der Waals surface area contributed by atoms with Crippen molar-refractivity contribution in [3.8, 4) is 11.5 Å². The lowest BCUT2D eigenvalue weighted by Gasteiger charge is -2.16. The number of carbonyl (C=O) groups is 1. The summed E-state index contributed by atoms with van der Waals surface area (Å²) in [4.78, 5) is 11.0. The van der Waals surface area contributed by atoms with Crippen LogP contribution in [-0.2, 0) is 0 Å². The molecule has 0 heterocycles. The van der Waals surface area contributed by atoms with E-state index in [9.17, 15) is 9.18 Å². The fraction of sp³-hybridized carbons (Fsp3) is 0.235. The lowest BCUT2D eigenvalue weighted by Crippen LogP contribution is -1.98. The molecule has 2 rings (SSSR count). The van der Waals surface area contributed by atoms with Crippen molar-refractivity contribution < 1.29 is 13.9 Å². The smallest absolute Gasteiger partial charge is 0.153 e. The summed E-state index contributed by atoms with van der Waals surface area (Å²) in [5.41, 5.74) is 1.29. The molecule has 0 aliphatic heterocycles. The predicted molar refractivity (Wildman–Crippen MR) is 77.0 cm³/mol. The van der Waals surface area contributed by atoms with Crippen LogP contribution in [0.1, 0.15) is 42.1 Å². The first-order valence-electron chi connectivity index (χ1n) is 6.67.